The van der Waals surface area contributed by atoms with E-state index in [1.807, 2.05) is 0 Å². The summed E-state index contributed by atoms with van der Waals surface area (Å²) < 4.78 is 5.00. The minimum Gasteiger partial charge on any atom is -0.481 e. The lowest BCUT2D eigenvalue weighted by Gasteiger charge is -2.32. The first-order chi connectivity index (χ1) is 10.0. The Balaban J connectivity index is 2.19. The van der Waals surface area contributed by atoms with Crippen LogP contribution in [0.4, 0.5) is 4.79 Å². The molecular formula is C14H27N3O4. The van der Waals surface area contributed by atoms with Gasteiger partial charge in [-0.25, -0.2) is 4.79 Å². The van der Waals surface area contributed by atoms with Gasteiger partial charge in [-0.2, -0.15) is 0 Å². The quantitative estimate of drug-likeness (QED) is 0.612. The van der Waals surface area contributed by atoms with Gasteiger partial charge < -0.3 is 20.5 Å². The molecule has 21 heavy (non-hydrogen) atoms. The minimum absolute atomic E-state index is 0.124. The number of rotatable bonds is 8. The van der Waals surface area contributed by atoms with Gasteiger partial charge >= 0.3 is 12.0 Å². The number of nitrogens with one attached hydrogen (secondary N) is 2. The maximum absolute atomic E-state index is 11.7. The number of carboxylic acids is 1. The number of hydrogen-bond donors (Lipinski definition) is 3. The molecule has 1 saturated heterocycles. The van der Waals surface area contributed by atoms with E-state index in [0.29, 0.717) is 12.6 Å². The van der Waals surface area contributed by atoms with E-state index < -0.39 is 12.1 Å². The molecule has 1 heterocycles. The number of aliphatic carboxylic acids is 1. The van der Waals surface area contributed by atoms with Crippen LogP contribution in [0.15, 0.2) is 0 Å². The van der Waals surface area contributed by atoms with Crippen LogP contribution in [0.2, 0.25) is 0 Å². The van der Waals surface area contributed by atoms with Crippen molar-refractivity contribution in [2.24, 2.45) is 0 Å². The van der Waals surface area contributed by atoms with Crippen molar-refractivity contribution in [3.8, 4) is 0 Å². The number of piperidine rings is 1. The smallest absolute Gasteiger partial charge is 0.314 e. The van der Waals surface area contributed by atoms with Gasteiger partial charge in [-0.15, -0.1) is 0 Å². The van der Waals surface area contributed by atoms with Gasteiger partial charge in [-0.1, -0.05) is 6.42 Å². The molecular weight excluding hydrogens is 274 g/mol. The van der Waals surface area contributed by atoms with Crippen molar-refractivity contribution in [3.05, 3.63) is 0 Å². The van der Waals surface area contributed by atoms with E-state index >= 15 is 0 Å². The highest BCUT2D eigenvalue weighted by atomic mass is 16.5. The lowest BCUT2D eigenvalue weighted by molar-refractivity contribution is -0.139. The fourth-order valence-corrected chi connectivity index (χ4v) is 2.43. The average molecular weight is 301 g/mol. The molecule has 0 saturated carbocycles. The number of carbonyl (C=O) groups is 2. The van der Waals surface area contributed by atoms with E-state index in [9.17, 15) is 9.59 Å². The van der Waals surface area contributed by atoms with E-state index in [2.05, 4.69) is 22.5 Å². The van der Waals surface area contributed by atoms with Crippen molar-refractivity contribution in [2.45, 2.75) is 44.8 Å². The molecule has 2 unspecified atom stereocenters. The number of likely N-dealkylation sites (tertiary alicyclic amines) is 1. The standard InChI is InChI=1S/C14H27N3O4/c1-11(17-6-4-3-5-7-17)9-15-14(20)16-10-12(21-2)8-13(18)19/h11-12H,3-10H2,1-2H3,(H,18,19)(H2,15,16,20). The Labute approximate surface area is 126 Å². The molecule has 1 fully saturated rings. The summed E-state index contributed by atoms with van der Waals surface area (Å²) in [5.74, 6) is -0.942. The number of amides is 2. The van der Waals surface area contributed by atoms with Crippen LogP contribution in [0.5, 0.6) is 0 Å². The molecule has 0 aromatic carbocycles. The number of hydrogen-bond acceptors (Lipinski definition) is 4. The normalized spacial score (nSPS) is 18.8. The van der Waals surface area contributed by atoms with Crippen molar-refractivity contribution >= 4 is 12.0 Å². The molecule has 0 aromatic rings. The Bertz CT molecular complexity index is 332. The highest BCUT2D eigenvalue weighted by molar-refractivity contribution is 5.74. The third kappa shape index (κ3) is 7.29. The van der Waals surface area contributed by atoms with E-state index in [-0.39, 0.29) is 19.0 Å². The van der Waals surface area contributed by atoms with Crippen molar-refractivity contribution in [1.29, 1.82) is 0 Å². The van der Waals surface area contributed by atoms with Crippen LogP contribution in [-0.4, -0.2) is 67.4 Å². The molecule has 7 heteroatoms. The highest BCUT2D eigenvalue weighted by Crippen LogP contribution is 2.11. The Morgan fingerprint density at radius 3 is 2.38 bits per heavy atom. The number of carbonyl (C=O) groups excluding carboxylic acids is 1. The van der Waals surface area contributed by atoms with Crippen LogP contribution in [0.3, 0.4) is 0 Å². The summed E-state index contributed by atoms with van der Waals surface area (Å²) in [6.45, 7) is 5.06. The third-order valence-electron chi connectivity index (χ3n) is 3.80. The van der Waals surface area contributed by atoms with Gasteiger partial charge in [0.15, 0.2) is 0 Å². The summed E-state index contributed by atoms with van der Waals surface area (Å²) in [6, 6.07) is 0.0274. The van der Waals surface area contributed by atoms with Crippen LogP contribution in [0.25, 0.3) is 0 Å². The first-order valence-electron chi connectivity index (χ1n) is 7.53. The number of methoxy groups -OCH3 is 1. The zero-order valence-corrected chi connectivity index (χ0v) is 12.9. The first kappa shape index (κ1) is 17.7. The maximum atomic E-state index is 11.7. The zero-order chi connectivity index (χ0) is 15.7. The Hall–Kier alpha value is -1.34. The molecule has 3 N–H and O–H groups in total. The van der Waals surface area contributed by atoms with Crippen molar-refractivity contribution in [3.63, 3.8) is 0 Å². The van der Waals surface area contributed by atoms with Crippen molar-refractivity contribution in [2.75, 3.05) is 33.3 Å². The van der Waals surface area contributed by atoms with Crippen LogP contribution >= 0.6 is 0 Å². The third-order valence-corrected chi connectivity index (χ3v) is 3.80. The average Bonchev–Trinajstić information content (AvgIpc) is 2.49. The number of urea groups is 1. The van der Waals surface area contributed by atoms with Crippen molar-refractivity contribution in [1.82, 2.24) is 15.5 Å². The van der Waals surface area contributed by atoms with Crippen LogP contribution < -0.4 is 10.6 Å². The minimum atomic E-state index is -0.942. The van der Waals surface area contributed by atoms with Gasteiger partial charge in [0.2, 0.25) is 0 Å². The van der Waals surface area contributed by atoms with Crippen LogP contribution in [0.1, 0.15) is 32.6 Å². The van der Waals surface area contributed by atoms with Crippen molar-refractivity contribution < 1.29 is 19.4 Å². The topological polar surface area (TPSA) is 90.9 Å². The Kier molecular flexibility index (Phi) is 8.07. The summed E-state index contributed by atoms with van der Waals surface area (Å²) in [4.78, 5) is 24.7. The lowest BCUT2D eigenvalue weighted by atomic mass is 10.1. The molecule has 1 rings (SSSR count). The molecule has 7 nitrogen and oxygen atoms in total. The van der Waals surface area contributed by atoms with Gasteiger partial charge in [0.1, 0.15) is 0 Å². The summed E-state index contributed by atoms with van der Waals surface area (Å²) in [7, 11) is 1.44. The van der Waals surface area contributed by atoms with Gasteiger partial charge in [-0.05, 0) is 32.9 Å². The fraction of sp³-hybridized carbons (Fsp3) is 0.857. The molecule has 1 aliphatic rings. The van der Waals surface area contributed by atoms with E-state index in [1.54, 1.807) is 0 Å². The molecule has 2 amide bonds. The summed E-state index contributed by atoms with van der Waals surface area (Å²) >= 11 is 0. The van der Waals surface area contributed by atoms with E-state index in [4.69, 9.17) is 9.84 Å². The van der Waals surface area contributed by atoms with Crippen LogP contribution in [0, 0.1) is 0 Å². The lowest BCUT2D eigenvalue weighted by Crippen LogP contribution is -2.48. The van der Waals surface area contributed by atoms with Gasteiger partial charge in [0.05, 0.1) is 12.5 Å². The summed E-state index contributed by atoms with van der Waals surface area (Å²) in [5, 5.41) is 14.1. The summed E-state index contributed by atoms with van der Waals surface area (Å²) in [6.07, 6.45) is 3.11. The molecule has 0 radical (unpaired) electrons. The highest BCUT2D eigenvalue weighted by Gasteiger charge is 2.17. The molecule has 0 spiro atoms. The number of carboxylic acid groups (broad SMARTS) is 1. The molecule has 1 aliphatic heterocycles. The zero-order valence-electron chi connectivity index (χ0n) is 12.9. The monoisotopic (exact) mass is 301 g/mol. The van der Waals surface area contributed by atoms with Gasteiger partial charge in [0.25, 0.3) is 0 Å². The largest absolute Gasteiger partial charge is 0.481 e. The molecule has 122 valence electrons. The molecule has 2 atom stereocenters. The Morgan fingerprint density at radius 2 is 1.81 bits per heavy atom. The van der Waals surface area contributed by atoms with Crippen LogP contribution in [-0.2, 0) is 9.53 Å². The predicted molar refractivity (Wildman–Crippen MR) is 79.3 cm³/mol. The fourth-order valence-electron chi connectivity index (χ4n) is 2.43. The van der Waals surface area contributed by atoms with E-state index in [0.717, 1.165) is 13.1 Å². The second kappa shape index (κ2) is 9.57. The van der Waals surface area contributed by atoms with E-state index in [1.165, 1.54) is 26.4 Å². The van der Waals surface area contributed by atoms with Gasteiger partial charge in [-0.3, -0.25) is 9.69 Å². The SMILES string of the molecule is COC(CNC(=O)NCC(C)N1CCCCC1)CC(=O)O. The predicted octanol–water partition coefficient (Wildman–Crippen LogP) is 0.650. The molecule has 0 bridgehead atoms. The number of nitrogens with zero attached hydrogens (tertiary/aromatic N) is 1. The van der Waals surface area contributed by atoms with Gasteiger partial charge in [0, 0.05) is 26.2 Å². The Morgan fingerprint density at radius 1 is 1.19 bits per heavy atom. The molecule has 0 aliphatic carbocycles. The second-order valence-electron chi connectivity index (χ2n) is 5.49. The first-order valence-corrected chi connectivity index (χ1v) is 7.53. The summed E-state index contributed by atoms with van der Waals surface area (Å²) in [5.41, 5.74) is 0. The number of ether oxygens (including phenoxy) is 1. The maximum Gasteiger partial charge on any atom is 0.314 e. The second-order valence-corrected chi connectivity index (χ2v) is 5.49. The molecule has 0 aromatic heterocycles.